The van der Waals surface area contributed by atoms with Crippen LogP contribution in [0.3, 0.4) is 0 Å². The molecule has 1 aliphatic rings. The molecule has 8 nitrogen and oxygen atoms in total. The van der Waals surface area contributed by atoms with Crippen LogP contribution in [0.2, 0.25) is 0 Å². The molecule has 0 fully saturated rings. The molecule has 218 valence electrons. The van der Waals surface area contributed by atoms with Crippen LogP contribution in [0, 0.1) is 6.92 Å². The Kier molecular flexibility index (Phi) is 8.74. The maximum atomic E-state index is 14.1. The SMILES string of the molecule is CCN(CC)C(=O)C1=C(C)N=c2s/c(=C/c3ccc(Sc4ccc(C)cc4)o3)c(=O)n2[C@@H]1c1cc(OC)ccc1OC. The summed E-state index contributed by atoms with van der Waals surface area (Å²) in [6.07, 6.45) is 1.73. The van der Waals surface area contributed by atoms with E-state index in [2.05, 4.69) is 12.1 Å². The molecule has 2 aromatic heterocycles. The Morgan fingerprint density at radius 1 is 1.07 bits per heavy atom. The molecule has 10 heteroatoms. The van der Waals surface area contributed by atoms with E-state index >= 15 is 0 Å². The van der Waals surface area contributed by atoms with E-state index < -0.39 is 6.04 Å². The van der Waals surface area contributed by atoms with Crippen LogP contribution in [0.4, 0.5) is 0 Å². The summed E-state index contributed by atoms with van der Waals surface area (Å²) in [5.74, 6) is 1.51. The summed E-state index contributed by atoms with van der Waals surface area (Å²) in [4.78, 5) is 36.0. The van der Waals surface area contributed by atoms with Gasteiger partial charge in [-0.3, -0.25) is 14.2 Å². The van der Waals surface area contributed by atoms with Crippen molar-refractivity contribution in [3.8, 4) is 11.5 Å². The van der Waals surface area contributed by atoms with Gasteiger partial charge in [-0.25, -0.2) is 4.99 Å². The molecule has 3 heterocycles. The number of nitrogens with zero attached hydrogens (tertiary/aromatic N) is 3. The molecule has 4 aromatic rings. The number of carbonyl (C=O) groups is 1. The van der Waals surface area contributed by atoms with Crippen molar-refractivity contribution >= 4 is 35.1 Å². The zero-order valence-electron chi connectivity index (χ0n) is 24.5. The third-order valence-corrected chi connectivity index (χ3v) is 9.06. The molecular weight excluding hydrogens is 571 g/mol. The minimum Gasteiger partial charge on any atom is -0.497 e. The van der Waals surface area contributed by atoms with Gasteiger partial charge in [0.2, 0.25) is 0 Å². The summed E-state index contributed by atoms with van der Waals surface area (Å²) in [5.41, 5.74) is 2.56. The number of amides is 1. The second-order valence-corrected chi connectivity index (χ2v) is 11.8. The van der Waals surface area contributed by atoms with Gasteiger partial charge in [0.15, 0.2) is 9.89 Å². The normalized spacial score (nSPS) is 14.9. The van der Waals surface area contributed by atoms with Crippen molar-refractivity contribution < 1.29 is 18.7 Å². The third-order valence-electron chi connectivity index (χ3n) is 7.15. The van der Waals surface area contributed by atoms with Crippen molar-refractivity contribution in [2.45, 2.75) is 43.7 Å². The van der Waals surface area contributed by atoms with Gasteiger partial charge in [-0.2, -0.15) is 0 Å². The fourth-order valence-corrected chi connectivity index (χ4v) is 6.75. The first-order valence-electron chi connectivity index (χ1n) is 13.7. The Morgan fingerprint density at radius 2 is 1.81 bits per heavy atom. The minimum absolute atomic E-state index is 0.172. The Morgan fingerprint density at radius 3 is 2.48 bits per heavy atom. The minimum atomic E-state index is -0.759. The lowest BCUT2D eigenvalue weighted by molar-refractivity contribution is -0.127. The van der Waals surface area contributed by atoms with E-state index in [-0.39, 0.29) is 11.5 Å². The largest absolute Gasteiger partial charge is 0.497 e. The molecule has 0 spiro atoms. The highest BCUT2D eigenvalue weighted by Crippen LogP contribution is 2.38. The smallest absolute Gasteiger partial charge is 0.271 e. The maximum absolute atomic E-state index is 14.1. The van der Waals surface area contributed by atoms with Crippen LogP contribution in [0.25, 0.3) is 6.08 Å². The number of benzene rings is 2. The fraction of sp³-hybridized carbons (Fsp3) is 0.281. The lowest BCUT2D eigenvalue weighted by Gasteiger charge is -2.30. The van der Waals surface area contributed by atoms with Gasteiger partial charge in [0.1, 0.15) is 23.3 Å². The Hall–Kier alpha value is -4.02. The number of hydrogen-bond acceptors (Lipinski definition) is 8. The summed E-state index contributed by atoms with van der Waals surface area (Å²) in [6.45, 7) is 8.79. The van der Waals surface area contributed by atoms with Gasteiger partial charge in [0, 0.05) is 29.6 Å². The zero-order valence-corrected chi connectivity index (χ0v) is 26.1. The number of aryl methyl sites for hydroxylation is 1. The maximum Gasteiger partial charge on any atom is 0.271 e. The Labute approximate surface area is 252 Å². The van der Waals surface area contributed by atoms with E-state index in [9.17, 15) is 9.59 Å². The number of aromatic nitrogens is 1. The summed E-state index contributed by atoms with van der Waals surface area (Å²) in [6, 6.07) is 16.6. The highest BCUT2D eigenvalue weighted by molar-refractivity contribution is 7.99. The van der Waals surface area contributed by atoms with E-state index in [1.165, 1.54) is 28.7 Å². The van der Waals surface area contributed by atoms with Gasteiger partial charge in [0.25, 0.3) is 11.5 Å². The van der Waals surface area contributed by atoms with Crippen molar-refractivity contribution in [2.24, 2.45) is 4.99 Å². The molecule has 1 amide bonds. The Bertz CT molecular complexity index is 1830. The average Bonchev–Trinajstić information content (AvgIpc) is 3.56. The molecule has 0 bridgehead atoms. The van der Waals surface area contributed by atoms with Crippen LogP contribution in [0.5, 0.6) is 11.5 Å². The second-order valence-electron chi connectivity index (χ2n) is 9.74. The quantitative estimate of drug-likeness (QED) is 0.262. The van der Waals surface area contributed by atoms with Gasteiger partial charge in [-0.1, -0.05) is 40.8 Å². The van der Waals surface area contributed by atoms with Gasteiger partial charge < -0.3 is 18.8 Å². The molecule has 0 unspecified atom stereocenters. The molecule has 0 N–H and O–H groups in total. The number of likely N-dealkylation sites (N-methyl/N-ethyl adjacent to an activating group) is 1. The molecule has 1 aliphatic heterocycles. The highest BCUT2D eigenvalue weighted by atomic mass is 32.2. The van der Waals surface area contributed by atoms with E-state index in [1.54, 1.807) is 41.9 Å². The predicted octanol–water partition coefficient (Wildman–Crippen LogP) is 5.17. The number of rotatable bonds is 9. The monoisotopic (exact) mass is 603 g/mol. The summed E-state index contributed by atoms with van der Waals surface area (Å²) in [7, 11) is 3.15. The molecule has 0 saturated carbocycles. The summed E-state index contributed by atoms with van der Waals surface area (Å²) >= 11 is 2.78. The van der Waals surface area contributed by atoms with Crippen LogP contribution >= 0.6 is 23.1 Å². The van der Waals surface area contributed by atoms with Crippen molar-refractivity contribution in [3.63, 3.8) is 0 Å². The van der Waals surface area contributed by atoms with E-state index in [0.29, 0.717) is 56.5 Å². The van der Waals surface area contributed by atoms with E-state index in [0.717, 1.165) is 9.99 Å². The number of allylic oxidation sites excluding steroid dienone is 1. The summed E-state index contributed by atoms with van der Waals surface area (Å²) < 4.78 is 19.3. The summed E-state index contributed by atoms with van der Waals surface area (Å²) in [5, 5.41) is 0.722. The molecule has 0 saturated heterocycles. The molecule has 1 atom stereocenters. The molecule has 5 rings (SSSR count). The number of thiazole rings is 1. The number of carbonyl (C=O) groups excluding carboxylic acids is 1. The van der Waals surface area contributed by atoms with Gasteiger partial charge in [0.05, 0.1) is 30.0 Å². The van der Waals surface area contributed by atoms with Crippen molar-refractivity contribution in [3.05, 3.63) is 102 Å². The molecule has 0 aliphatic carbocycles. The number of hydrogen-bond donors (Lipinski definition) is 0. The first-order chi connectivity index (χ1) is 20.3. The topological polar surface area (TPSA) is 86.3 Å². The van der Waals surface area contributed by atoms with Crippen LogP contribution < -0.4 is 24.4 Å². The number of fused-ring (bicyclic) bond motifs is 1. The lowest BCUT2D eigenvalue weighted by atomic mass is 9.93. The average molecular weight is 604 g/mol. The standard InChI is InChI=1S/C32H33N3O5S2/c1-7-34(8-2)31(37)28-20(4)33-32-35(29(28)24-17-21(38-5)11-15-25(24)39-6)30(36)26(42-32)18-22-12-16-27(40-22)41-23-13-9-19(3)10-14-23/h9-18,29H,7-8H2,1-6H3/b26-18+/t29-/m1/s1. The van der Waals surface area contributed by atoms with Crippen LogP contribution in [-0.4, -0.2) is 42.7 Å². The molecule has 2 aromatic carbocycles. The lowest BCUT2D eigenvalue weighted by Crippen LogP contribution is -2.43. The van der Waals surface area contributed by atoms with Crippen LogP contribution in [0.1, 0.15) is 43.7 Å². The van der Waals surface area contributed by atoms with Gasteiger partial charge in [-0.05, 0) is 70.2 Å². The first kappa shape index (κ1) is 29.5. The predicted molar refractivity (Wildman–Crippen MR) is 165 cm³/mol. The molecule has 0 radical (unpaired) electrons. The van der Waals surface area contributed by atoms with Crippen molar-refractivity contribution in [2.75, 3.05) is 27.3 Å². The van der Waals surface area contributed by atoms with Crippen molar-refractivity contribution in [1.29, 1.82) is 0 Å². The second kappa shape index (κ2) is 12.5. The van der Waals surface area contributed by atoms with E-state index in [1.807, 2.05) is 58.0 Å². The fourth-order valence-electron chi connectivity index (χ4n) is 4.94. The third kappa shape index (κ3) is 5.69. The van der Waals surface area contributed by atoms with E-state index in [4.69, 9.17) is 18.9 Å². The van der Waals surface area contributed by atoms with Crippen LogP contribution in [0.15, 0.2) is 90.1 Å². The Balaban J connectivity index is 1.64. The molecular formula is C32H33N3O5S2. The number of ether oxygens (including phenoxy) is 2. The van der Waals surface area contributed by atoms with Crippen LogP contribution in [-0.2, 0) is 4.79 Å². The first-order valence-corrected chi connectivity index (χ1v) is 15.3. The van der Waals surface area contributed by atoms with Crippen molar-refractivity contribution in [1.82, 2.24) is 9.47 Å². The highest BCUT2D eigenvalue weighted by Gasteiger charge is 2.36. The number of methoxy groups -OCH3 is 2. The molecule has 42 heavy (non-hydrogen) atoms. The van der Waals surface area contributed by atoms with Gasteiger partial charge in [-0.15, -0.1) is 0 Å². The van der Waals surface area contributed by atoms with Gasteiger partial charge >= 0.3 is 0 Å². The number of furan rings is 1. The zero-order chi connectivity index (χ0) is 30.0.